The Morgan fingerprint density at radius 1 is 0.867 bits per heavy atom. The zero-order chi connectivity index (χ0) is 23.1. The SMILES string of the molecule is C=C(C)C(=O)COc1c(OC)c(OC)cc(P(=O)(OC)OCC(=O)C(=C)C)c1OC. The fourth-order valence-corrected chi connectivity index (χ4v) is 3.66. The van der Waals surface area contributed by atoms with Gasteiger partial charge in [0.15, 0.2) is 29.7 Å². The van der Waals surface area contributed by atoms with Gasteiger partial charge in [0.2, 0.25) is 11.5 Å². The molecular formula is C20H27O9P. The van der Waals surface area contributed by atoms with Gasteiger partial charge in [0, 0.05) is 13.2 Å². The minimum atomic E-state index is -4.07. The average molecular weight is 442 g/mol. The normalized spacial score (nSPS) is 12.5. The number of hydrogen-bond acceptors (Lipinski definition) is 9. The first-order chi connectivity index (χ1) is 14.1. The van der Waals surface area contributed by atoms with Crippen LogP contribution in [0, 0.1) is 0 Å². The molecule has 10 heteroatoms. The minimum Gasteiger partial charge on any atom is -0.493 e. The summed E-state index contributed by atoms with van der Waals surface area (Å²) in [5.74, 6) is -0.686. The molecule has 1 unspecified atom stereocenters. The molecular weight excluding hydrogens is 415 g/mol. The second kappa shape index (κ2) is 11.0. The molecule has 0 aromatic heterocycles. The van der Waals surface area contributed by atoms with Crippen molar-refractivity contribution in [1.29, 1.82) is 0 Å². The van der Waals surface area contributed by atoms with Gasteiger partial charge in [0.25, 0.3) is 0 Å². The smallest absolute Gasteiger partial charge is 0.365 e. The molecule has 0 fully saturated rings. The van der Waals surface area contributed by atoms with E-state index in [1.54, 1.807) is 6.92 Å². The summed E-state index contributed by atoms with van der Waals surface area (Å²) in [6.45, 7) is 9.25. The molecule has 1 rings (SSSR count). The van der Waals surface area contributed by atoms with Gasteiger partial charge in [-0.15, -0.1) is 0 Å². The highest BCUT2D eigenvalue weighted by Crippen LogP contribution is 2.54. The summed E-state index contributed by atoms with van der Waals surface area (Å²) < 4.78 is 45.5. The zero-order valence-electron chi connectivity index (χ0n) is 18.0. The number of carbonyl (C=O) groups is 2. The largest absolute Gasteiger partial charge is 0.493 e. The second-order valence-electron chi connectivity index (χ2n) is 6.14. The zero-order valence-corrected chi connectivity index (χ0v) is 18.9. The van der Waals surface area contributed by atoms with Crippen LogP contribution in [0.1, 0.15) is 13.8 Å². The Bertz CT molecular complexity index is 889. The topological polar surface area (TPSA) is 107 Å². The number of ether oxygens (including phenoxy) is 4. The lowest BCUT2D eigenvalue weighted by atomic mass is 10.2. The predicted molar refractivity (Wildman–Crippen MR) is 111 cm³/mol. The van der Waals surface area contributed by atoms with Gasteiger partial charge in [-0.1, -0.05) is 13.2 Å². The van der Waals surface area contributed by atoms with Crippen molar-refractivity contribution in [2.24, 2.45) is 0 Å². The molecule has 1 aromatic rings. The van der Waals surface area contributed by atoms with Crippen molar-refractivity contribution in [3.05, 3.63) is 30.4 Å². The maximum atomic E-state index is 13.4. The van der Waals surface area contributed by atoms with Crippen LogP contribution in [0.25, 0.3) is 0 Å². The molecule has 0 saturated carbocycles. The van der Waals surface area contributed by atoms with Crippen molar-refractivity contribution in [3.8, 4) is 23.0 Å². The van der Waals surface area contributed by atoms with E-state index in [1.807, 2.05) is 0 Å². The van der Waals surface area contributed by atoms with Crippen molar-refractivity contribution in [1.82, 2.24) is 0 Å². The molecule has 0 bridgehead atoms. The first kappa shape index (κ1) is 25.4. The highest BCUT2D eigenvalue weighted by atomic mass is 31.2. The predicted octanol–water partition coefficient (Wildman–Crippen LogP) is 2.86. The summed E-state index contributed by atoms with van der Waals surface area (Å²) >= 11 is 0. The quantitative estimate of drug-likeness (QED) is 0.337. The van der Waals surface area contributed by atoms with E-state index in [0.29, 0.717) is 5.57 Å². The summed E-state index contributed by atoms with van der Waals surface area (Å²) in [6, 6.07) is 1.33. The van der Waals surface area contributed by atoms with Crippen molar-refractivity contribution in [2.45, 2.75) is 13.8 Å². The molecule has 166 valence electrons. The lowest BCUT2D eigenvalue weighted by molar-refractivity contribution is -0.118. The number of rotatable bonds is 13. The first-order valence-corrected chi connectivity index (χ1v) is 10.2. The van der Waals surface area contributed by atoms with Crippen LogP contribution in [-0.2, 0) is 23.2 Å². The van der Waals surface area contributed by atoms with E-state index in [2.05, 4.69) is 13.2 Å². The molecule has 1 atom stereocenters. The van der Waals surface area contributed by atoms with Crippen LogP contribution in [-0.4, -0.2) is 53.2 Å². The first-order valence-electron chi connectivity index (χ1n) is 8.70. The van der Waals surface area contributed by atoms with E-state index in [0.717, 1.165) is 7.11 Å². The Morgan fingerprint density at radius 3 is 1.83 bits per heavy atom. The van der Waals surface area contributed by atoms with Gasteiger partial charge < -0.3 is 23.5 Å². The summed E-state index contributed by atoms with van der Waals surface area (Å²) in [4.78, 5) is 23.8. The summed E-state index contributed by atoms with van der Waals surface area (Å²) in [5, 5.41) is -0.0718. The third kappa shape index (κ3) is 5.72. The van der Waals surface area contributed by atoms with Gasteiger partial charge in [0.05, 0.1) is 21.3 Å². The van der Waals surface area contributed by atoms with Crippen molar-refractivity contribution in [2.75, 3.05) is 41.7 Å². The third-order valence-electron chi connectivity index (χ3n) is 3.97. The van der Waals surface area contributed by atoms with Crippen LogP contribution < -0.4 is 24.3 Å². The molecule has 30 heavy (non-hydrogen) atoms. The molecule has 0 spiro atoms. The average Bonchev–Trinajstić information content (AvgIpc) is 2.73. The Kier molecular flexibility index (Phi) is 9.29. The van der Waals surface area contributed by atoms with Crippen molar-refractivity contribution < 1.29 is 42.1 Å². The van der Waals surface area contributed by atoms with Gasteiger partial charge in [-0.3, -0.25) is 18.7 Å². The number of carbonyl (C=O) groups excluding carboxylic acids is 2. The van der Waals surface area contributed by atoms with Gasteiger partial charge in [0.1, 0.15) is 11.9 Å². The molecule has 9 nitrogen and oxygen atoms in total. The fourth-order valence-electron chi connectivity index (χ4n) is 2.21. The molecule has 0 aliphatic heterocycles. The van der Waals surface area contributed by atoms with E-state index in [1.165, 1.54) is 34.3 Å². The molecule has 0 aliphatic rings. The molecule has 0 radical (unpaired) electrons. The van der Waals surface area contributed by atoms with E-state index in [4.69, 9.17) is 28.0 Å². The highest BCUT2D eigenvalue weighted by molar-refractivity contribution is 7.62. The molecule has 1 aromatic carbocycles. The van der Waals surface area contributed by atoms with Gasteiger partial charge in [-0.05, 0) is 25.0 Å². The standard InChI is InChI=1S/C20H27O9P/c1-12(2)14(21)10-28-20-18(25-6)16(24-5)9-17(19(20)26-7)30(23,27-8)29-11-15(22)13(3)4/h9H,1,3,10-11H2,2,4-8H3. The van der Waals surface area contributed by atoms with Crippen LogP contribution in [0.2, 0.25) is 0 Å². The summed E-state index contributed by atoms with van der Waals surface area (Å²) in [7, 11) is 1.12. The van der Waals surface area contributed by atoms with Crippen LogP contribution in [0.15, 0.2) is 30.4 Å². The minimum absolute atomic E-state index is 0.0453. The lowest BCUT2D eigenvalue weighted by Crippen LogP contribution is -2.19. The monoisotopic (exact) mass is 442 g/mol. The van der Waals surface area contributed by atoms with E-state index < -0.39 is 20.0 Å². The van der Waals surface area contributed by atoms with Crippen LogP contribution in [0.3, 0.4) is 0 Å². The van der Waals surface area contributed by atoms with E-state index in [-0.39, 0.29) is 46.3 Å². The summed E-state index contributed by atoms with van der Waals surface area (Å²) in [5.41, 5.74) is 0.527. The number of benzene rings is 1. The molecule has 0 saturated heterocycles. The van der Waals surface area contributed by atoms with Crippen LogP contribution >= 0.6 is 7.60 Å². The molecule has 0 heterocycles. The Hall–Kier alpha value is -2.61. The molecule has 0 N–H and O–H groups in total. The Balaban J connectivity index is 3.59. The van der Waals surface area contributed by atoms with Gasteiger partial charge in [-0.25, -0.2) is 0 Å². The van der Waals surface area contributed by atoms with Crippen molar-refractivity contribution in [3.63, 3.8) is 0 Å². The van der Waals surface area contributed by atoms with Gasteiger partial charge in [-0.2, -0.15) is 0 Å². The van der Waals surface area contributed by atoms with Crippen LogP contribution in [0.5, 0.6) is 23.0 Å². The Morgan fingerprint density at radius 2 is 1.40 bits per heavy atom. The number of ketones is 2. The maximum Gasteiger partial charge on any atom is 0.365 e. The van der Waals surface area contributed by atoms with E-state index >= 15 is 0 Å². The fraction of sp³-hybridized carbons (Fsp3) is 0.400. The summed E-state index contributed by atoms with van der Waals surface area (Å²) in [6.07, 6.45) is 0. The molecule has 0 amide bonds. The second-order valence-corrected chi connectivity index (χ2v) is 8.24. The maximum absolute atomic E-state index is 13.4. The van der Waals surface area contributed by atoms with Crippen LogP contribution in [0.4, 0.5) is 0 Å². The highest BCUT2D eigenvalue weighted by Gasteiger charge is 2.36. The number of hydrogen-bond donors (Lipinski definition) is 0. The number of methoxy groups -OCH3 is 3. The van der Waals surface area contributed by atoms with Crippen molar-refractivity contribution >= 4 is 24.5 Å². The van der Waals surface area contributed by atoms with E-state index in [9.17, 15) is 14.2 Å². The lowest BCUT2D eigenvalue weighted by Gasteiger charge is -2.23. The Labute approximate surface area is 176 Å². The third-order valence-corrected chi connectivity index (χ3v) is 5.84. The number of Topliss-reactive ketones (excluding diaryl/α,β-unsaturated/α-hetero) is 2. The molecule has 0 aliphatic carbocycles. The van der Waals surface area contributed by atoms with Gasteiger partial charge >= 0.3 is 7.60 Å².